The van der Waals surface area contributed by atoms with Gasteiger partial charge in [-0.1, -0.05) is 27.7 Å². The van der Waals surface area contributed by atoms with Gasteiger partial charge >= 0.3 is 0 Å². The lowest BCUT2D eigenvalue weighted by molar-refractivity contribution is 0.549. The van der Waals surface area contributed by atoms with Gasteiger partial charge in [0.05, 0.1) is 0 Å². The molecule has 0 atom stereocenters. The minimum absolute atomic E-state index is 0.0905. The van der Waals surface area contributed by atoms with E-state index in [0.29, 0.717) is 11.8 Å². The van der Waals surface area contributed by atoms with Crippen molar-refractivity contribution in [1.82, 2.24) is 4.98 Å². The minimum Gasteiger partial charge on any atom is -0.384 e. The summed E-state index contributed by atoms with van der Waals surface area (Å²) in [6.07, 6.45) is 1.72. The molecule has 1 rings (SSSR count). The van der Waals surface area contributed by atoms with Gasteiger partial charge in [0.25, 0.3) is 0 Å². The van der Waals surface area contributed by atoms with Crippen molar-refractivity contribution in [3.8, 4) is 0 Å². The van der Waals surface area contributed by atoms with Crippen LogP contribution in [0.2, 0.25) is 0 Å². The zero-order valence-electron chi connectivity index (χ0n) is 11.8. The van der Waals surface area contributed by atoms with Crippen molar-refractivity contribution in [1.29, 1.82) is 5.41 Å². The Morgan fingerprint density at radius 2 is 1.83 bits per heavy atom. The smallest absolute Gasteiger partial charge is 0.129 e. The minimum atomic E-state index is 0.0905. The molecule has 0 saturated carbocycles. The van der Waals surface area contributed by atoms with Crippen LogP contribution in [-0.2, 0) is 0 Å². The largest absolute Gasteiger partial charge is 0.384 e. The van der Waals surface area contributed by atoms with E-state index in [4.69, 9.17) is 11.1 Å². The van der Waals surface area contributed by atoms with Gasteiger partial charge in [-0.05, 0) is 24.0 Å². The Morgan fingerprint density at radius 1 is 1.28 bits per heavy atom. The van der Waals surface area contributed by atoms with E-state index in [1.54, 1.807) is 12.3 Å². The highest BCUT2D eigenvalue weighted by molar-refractivity contribution is 5.95. The van der Waals surface area contributed by atoms with Gasteiger partial charge in [-0.25, -0.2) is 4.98 Å². The second-order valence-electron chi connectivity index (χ2n) is 5.51. The number of nitrogen functional groups attached to an aromatic ring is 1. The molecule has 18 heavy (non-hydrogen) atoms. The van der Waals surface area contributed by atoms with E-state index < -0.39 is 0 Å². The van der Waals surface area contributed by atoms with Gasteiger partial charge in [-0.3, -0.25) is 5.41 Å². The molecule has 3 N–H and O–H groups in total. The molecule has 1 aromatic rings. The molecule has 0 spiro atoms. The maximum atomic E-state index is 7.49. The van der Waals surface area contributed by atoms with Gasteiger partial charge in [-0.15, -0.1) is 0 Å². The summed E-state index contributed by atoms with van der Waals surface area (Å²) in [7, 11) is 0. The maximum absolute atomic E-state index is 7.49. The summed E-state index contributed by atoms with van der Waals surface area (Å²) in [4.78, 5) is 6.67. The lowest BCUT2D eigenvalue weighted by Gasteiger charge is -2.27. The van der Waals surface area contributed by atoms with Crippen LogP contribution in [0.1, 0.15) is 33.3 Å². The molecule has 0 radical (unpaired) electrons. The number of aromatic nitrogens is 1. The third kappa shape index (κ3) is 4.35. The van der Waals surface area contributed by atoms with Crippen molar-refractivity contribution in [2.24, 2.45) is 17.6 Å². The molecule has 0 amide bonds. The van der Waals surface area contributed by atoms with Crippen molar-refractivity contribution < 1.29 is 0 Å². The molecule has 0 aromatic carbocycles. The van der Waals surface area contributed by atoms with E-state index >= 15 is 0 Å². The number of amidine groups is 1. The van der Waals surface area contributed by atoms with E-state index in [2.05, 4.69) is 37.6 Å². The summed E-state index contributed by atoms with van der Waals surface area (Å²) < 4.78 is 0. The van der Waals surface area contributed by atoms with Gasteiger partial charge < -0.3 is 10.6 Å². The van der Waals surface area contributed by atoms with Gasteiger partial charge in [0.2, 0.25) is 0 Å². The fourth-order valence-corrected chi connectivity index (χ4v) is 1.90. The number of rotatable bonds is 6. The first-order valence-electron chi connectivity index (χ1n) is 6.45. The van der Waals surface area contributed by atoms with Crippen molar-refractivity contribution >= 4 is 11.7 Å². The monoisotopic (exact) mass is 248 g/mol. The van der Waals surface area contributed by atoms with Crippen LogP contribution >= 0.6 is 0 Å². The Labute approximate surface area is 110 Å². The summed E-state index contributed by atoms with van der Waals surface area (Å²) in [6.45, 7) is 10.7. The van der Waals surface area contributed by atoms with Crippen LogP contribution in [0.15, 0.2) is 18.3 Å². The van der Waals surface area contributed by atoms with Crippen LogP contribution in [0.25, 0.3) is 0 Å². The van der Waals surface area contributed by atoms with E-state index in [1.165, 1.54) is 0 Å². The Bertz CT molecular complexity index is 389. The average molecular weight is 248 g/mol. The molecule has 1 aromatic heterocycles. The molecular weight excluding hydrogens is 224 g/mol. The van der Waals surface area contributed by atoms with Crippen LogP contribution in [0.5, 0.6) is 0 Å². The fraction of sp³-hybridized carbons (Fsp3) is 0.571. The number of hydrogen-bond acceptors (Lipinski definition) is 3. The topological polar surface area (TPSA) is 66.0 Å². The first kappa shape index (κ1) is 14.5. The van der Waals surface area contributed by atoms with Gasteiger partial charge in [0.1, 0.15) is 11.7 Å². The fourth-order valence-electron chi connectivity index (χ4n) is 1.90. The molecule has 0 fully saturated rings. The van der Waals surface area contributed by atoms with E-state index in [1.807, 2.05) is 6.07 Å². The van der Waals surface area contributed by atoms with Crippen molar-refractivity contribution in [2.75, 3.05) is 18.0 Å². The maximum Gasteiger partial charge on any atom is 0.129 e. The predicted molar refractivity (Wildman–Crippen MR) is 77.1 cm³/mol. The van der Waals surface area contributed by atoms with E-state index in [-0.39, 0.29) is 5.84 Å². The number of nitrogens with one attached hydrogen (secondary N) is 1. The zero-order chi connectivity index (χ0) is 13.7. The van der Waals surface area contributed by atoms with Gasteiger partial charge in [-0.2, -0.15) is 0 Å². The quantitative estimate of drug-likeness (QED) is 0.600. The third-order valence-electron chi connectivity index (χ3n) is 2.55. The molecule has 0 aliphatic rings. The predicted octanol–water partition coefficient (Wildman–Crippen LogP) is 2.48. The molecule has 0 aliphatic carbocycles. The van der Waals surface area contributed by atoms with E-state index in [0.717, 1.165) is 24.5 Å². The van der Waals surface area contributed by atoms with Crippen LogP contribution < -0.4 is 10.6 Å². The normalized spacial score (nSPS) is 11.0. The third-order valence-corrected chi connectivity index (χ3v) is 2.55. The number of pyridine rings is 1. The summed E-state index contributed by atoms with van der Waals surface area (Å²) >= 11 is 0. The molecule has 100 valence electrons. The first-order valence-corrected chi connectivity index (χ1v) is 6.45. The van der Waals surface area contributed by atoms with Gasteiger partial charge in [0, 0.05) is 24.8 Å². The second-order valence-corrected chi connectivity index (χ2v) is 5.51. The molecule has 0 bridgehead atoms. The summed E-state index contributed by atoms with van der Waals surface area (Å²) in [5, 5.41) is 7.49. The number of nitrogens with two attached hydrogens (primary N) is 1. The number of hydrogen-bond donors (Lipinski definition) is 2. The summed E-state index contributed by atoms with van der Waals surface area (Å²) in [5.41, 5.74) is 6.26. The summed E-state index contributed by atoms with van der Waals surface area (Å²) in [5.74, 6) is 2.15. The van der Waals surface area contributed by atoms with Crippen molar-refractivity contribution in [3.63, 3.8) is 0 Å². The first-order chi connectivity index (χ1) is 8.40. The van der Waals surface area contributed by atoms with Crippen LogP contribution in [0.4, 0.5) is 5.82 Å². The standard InChI is InChI=1S/C14H24N4/c1-10(2)8-18(9-11(3)4)13-7-12(14(15)16)5-6-17-13/h5-7,10-11H,8-9H2,1-4H3,(H3,15,16). The van der Waals surface area contributed by atoms with Crippen LogP contribution in [0, 0.1) is 17.2 Å². The zero-order valence-corrected chi connectivity index (χ0v) is 11.8. The Morgan fingerprint density at radius 3 is 2.28 bits per heavy atom. The lowest BCUT2D eigenvalue weighted by atomic mass is 10.1. The van der Waals surface area contributed by atoms with E-state index in [9.17, 15) is 0 Å². The van der Waals surface area contributed by atoms with Crippen LogP contribution in [0.3, 0.4) is 0 Å². The molecule has 0 unspecified atom stereocenters. The van der Waals surface area contributed by atoms with Crippen molar-refractivity contribution in [3.05, 3.63) is 23.9 Å². The Hall–Kier alpha value is -1.58. The number of anilines is 1. The molecule has 4 heteroatoms. The highest BCUT2D eigenvalue weighted by atomic mass is 15.2. The summed E-state index contributed by atoms with van der Waals surface area (Å²) in [6, 6.07) is 3.67. The molecule has 4 nitrogen and oxygen atoms in total. The lowest BCUT2D eigenvalue weighted by Crippen LogP contribution is -2.32. The highest BCUT2D eigenvalue weighted by Gasteiger charge is 2.12. The Kier molecular flexibility index (Phi) is 5.13. The van der Waals surface area contributed by atoms with Crippen LogP contribution in [-0.4, -0.2) is 23.9 Å². The number of nitrogens with zero attached hydrogens (tertiary/aromatic N) is 2. The SMILES string of the molecule is CC(C)CN(CC(C)C)c1cc(C(=N)N)ccn1. The second kappa shape index (κ2) is 6.38. The molecule has 1 heterocycles. The Balaban J connectivity index is 2.96. The average Bonchev–Trinajstić information content (AvgIpc) is 2.27. The molecule has 0 aliphatic heterocycles. The van der Waals surface area contributed by atoms with Crippen molar-refractivity contribution in [2.45, 2.75) is 27.7 Å². The van der Waals surface area contributed by atoms with Gasteiger partial charge in [0.15, 0.2) is 0 Å². The molecule has 0 saturated heterocycles. The highest BCUT2D eigenvalue weighted by Crippen LogP contribution is 2.16. The molecular formula is C14H24N4.